The number of benzene rings is 2. The van der Waals surface area contributed by atoms with Gasteiger partial charge in [0.2, 0.25) is 0 Å². The zero-order valence-corrected chi connectivity index (χ0v) is 19.1. The standard InChI is InChI=1S/C25H28FN3O2S/c1-18(27-25(30)19-9-11-20(31-2)12-10-19)24(23-8-5-17-32-23)29-15-13-28(14-16-29)22-7-4-3-6-21(22)26/h3-12,17-18,24H,13-16H2,1-2H3,(H,27,30)/t18-,24+/m0/s1. The molecule has 2 atom stereocenters. The molecule has 1 N–H and O–H groups in total. The molecule has 0 unspecified atom stereocenters. The van der Waals surface area contributed by atoms with Gasteiger partial charge in [0, 0.05) is 42.7 Å². The summed E-state index contributed by atoms with van der Waals surface area (Å²) in [5, 5.41) is 5.25. The number of carbonyl (C=O) groups is 1. The van der Waals surface area contributed by atoms with Gasteiger partial charge in [0.05, 0.1) is 18.8 Å². The van der Waals surface area contributed by atoms with Crippen LogP contribution in [0.1, 0.15) is 28.2 Å². The molecule has 3 aromatic rings. The Morgan fingerprint density at radius 1 is 1.03 bits per heavy atom. The second-order valence-electron chi connectivity index (χ2n) is 7.93. The van der Waals surface area contributed by atoms with Gasteiger partial charge in [-0.2, -0.15) is 0 Å². The molecule has 5 nitrogen and oxygen atoms in total. The van der Waals surface area contributed by atoms with Crippen molar-refractivity contribution < 1.29 is 13.9 Å². The van der Waals surface area contributed by atoms with E-state index in [1.54, 1.807) is 48.8 Å². The number of amides is 1. The highest BCUT2D eigenvalue weighted by Gasteiger charge is 2.31. The minimum Gasteiger partial charge on any atom is -0.497 e. The van der Waals surface area contributed by atoms with Crippen molar-refractivity contribution >= 4 is 22.9 Å². The number of rotatable bonds is 7. The zero-order valence-electron chi connectivity index (χ0n) is 18.3. The Balaban J connectivity index is 1.46. The maximum atomic E-state index is 14.2. The maximum absolute atomic E-state index is 14.2. The summed E-state index contributed by atoms with van der Waals surface area (Å²) in [5.41, 5.74) is 1.26. The molecule has 168 valence electrons. The Labute approximate surface area is 192 Å². The topological polar surface area (TPSA) is 44.8 Å². The molecule has 0 aliphatic carbocycles. The fraction of sp³-hybridized carbons (Fsp3) is 0.320. The smallest absolute Gasteiger partial charge is 0.251 e. The van der Waals surface area contributed by atoms with Crippen LogP contribution in [-0.4, -0.2) is 50.1 Å². The molecule has 0 radical (unpaired) electrons. The number of anilines is 1. The van der Waals surface area contributed by atoms with Crippen LogP contribution in [0.4, 0.5) is 10.1 Å². The molecule has 0 spiro atoms. The summed E-state index contributed by atoms with van der Waals surface area (Å²) >= 11 is 1.70. The van der Waals surface area contributed by atoms with Crippen LogP contribution in [0.3, 0.4) is 0 Å². The Bertz CT molecular complexity index is 1020. The summed E-state index contributed by atoms with van der Waals surface area (Å²) in [7, 11) is 1.61. The third kappa shape index (κ3) is 4.95. The van der Waals surface area contributed by atoms with Crippen LogP contribution in [0.25, 0.3) is 0 Å². The largest absolute Gasteiger partial charge is 0.497 e. The molecule has 1 aliphatic rings. The van der Waals surface area contributed by atoms with Crippen LogP contribution >= 0.6 is 11.3 Å². The van der Waals surface area contributed by atoms with E-state index < -0.39 is 0 Å². The van der Waals surface area contributed by atoms with Gasteiger partial charge in [-0.1, -0.05) is 18.2 Å². The molecule has 1 saturated heterocycles. The molecule has 4 rings (SSSR count). The van der Waals surface area contributed by atoms with Gasteiger partial charge in [0.1, 0.15) is 11.6 Å². The van der Waals surface area contributed by atoms with E-state index in [-0.39, 0.29) is 23.8 Å². The predicted molar refractivity (Wildman–Crippen MR) is 127 cm³/mol. The van der Waals surface area contributed by atoms with Gasteiger partial charge in [-0.15, -0.1) is 11.3 Å². The SMILES string of the molecule is COc1ccc(C(=O)N[C@@H](C)[C@H](c2cccs2)N2CCN(c3ccccc3F)CC2)cc1. The van der Waals surface area contributed by atoms with Crippen LogP contribution in [0, 0.1) is 5.82 Å². The van der Waals surface area contributed by atoms with E-state index in [1.165, 1.54) is 10.9 Å². The normalized spacial score (nSPS) is 16.4. The lowest BCUT2D eigenvalue weighted by Gasteiger charge is -2.42. The third-order valence-corrected chi connectivity index (χ3v) is 6.86. The lowest BCUT2D eigenvalue weighted by molar-refractivity contribution is 0.0890. The number of thiophene rings is 1. The van der Waals surface area contributed by atoms with E-state index in [9.17, 15) is 9.18 Å². The highest BCUT2D eigenvalue weighted by Crippen LogP contribution is 2.31. The molecule has 0 bridgehead atoms. The van der Waals surface area contributed by atoms with Crippen molar-refractivity contribution in [2.24, 2.45) is 0 Å². The summed E-state index contributed by atoms with van der Waals surface area (Å²) in [4.78, 5) is 18.6. The van der Waals surface area contributed by atoms with Crippen molar-refractivity contribution in [2.75, 3.05) is 38.2 Å². The van der Waals surface area contributed by atoms with Gasteiger partial charge >= 0.3 is 0 Å². The lowest BCUT2D eigenvalue weighted by Crippen LogP contribution is -2.52. The second kappa shape index (κ2) is 10.1. The van der Waals surface area contributed by atoms with E-state index in [4.69, 9.17) is 4.74 Å². The van der Waals surface area contributed by atoms with Crippen LogP contribution in [0.15, 0.2) is 66.0 Å². The van der Waals surface area contributed by atoms with Crippen LogP contribution < -0.4 is 15.0 Å². The second-order valence-corrected chi connectivity index (χ2v) is 8.90. The van der Waals surface area contributed by atoms with Gasteiger partial charge in [-0.05, 0) is 54.8 Å². The highest BCUT2D eigenvalue weighted by atomic mass is 32.1. The van der Waals surface area contributed by atoms with Crippen molar-refractivity contribution in [2.45, 2.75) is 19.0 Å². The predicted octanol–water partition coefficient (Wildman–Crippen LogP) is 4.58. The quantitative estimate of drug-likeness (QED) is 0.569. The number of piperazine rings is 1. The van der Waals surface area contributed by atoms with E-state index in [0.717, 1.165) is 31.9 Å². The molecular formula is C25H28FN3O2S. The molecule has 2 aromatic carbocycles. The molecule has 32 heavy (non-hydrogen) atoms. The molecule has 1 amide bonds. The number of hydrogen-bond donors (Lipinski definition) is 1. The summed E-state index contributed by atoms with van der Waals surface area (Å²) in [5.74, 6) is 0.432. The lowest BCUT2D eigenvalue weighted by atomic mass is 10.0. The molecule has 1 aromatic heterocycles. The number of nitrogens with zero attached hydrogens (tertiary/aromatic N) is 2. The number of methoxy groups -OCH3 is 1. The zero-order chi connectivity index (χ0) is 22.5. The summed E-state index contributed by atoms with van der Waals surface area (Å²) in [6, 6.07) is 18.2. The number of para-hydroxylation sites is 1. The van der Waals surface area contributed by atoms with Gasteiger partial charge < -0.3 is 15.0 Å². The average molecular weight is 454 g/mol. The van der Waals surface area contributed by atoms with Gasteiger partial charge in [0.25, 0.3) is 5.91 Å². The van der Waals surface area contributed by atoms with Crippen molar-refractivity contribution in [3.05, 3.63) is 82.3 Å². The van der Waals surface area contributed by atoms with Gasteiger partial charge in [-0.25, -0.2) is 4.39 Å². The van der Waals surface area contributed by atoms with Gasteiger partial charge in [0.15, 0.2) is 0 Å². The first-order valence-electron chi connectivity index (χ1n) is 10.8. The third-order valence-electron chi connectivity index (χ3n) is 5.92. The van der Waals surface area contributed by atoms with Crippen molar-refractivity contribution in [3.8, 4) is 5.75 Å². The monoisotopic (exact) mass is 453 g/mol. The first-order valence-corrected chi connectivity index (χ1v) is 11.7. The molecule has 0 saturated carbocycles. The van der Waals surface area contributed by atoms with Gasteiger partial charge in [-0.3, -0.25) is 9.69 Å². The molecular weight excluding hydrogens is 425 g/mol. The maximum Gasteiger partial charge on any atom is 0.251 e. The van der Waals surface area contributed by atoms with Crippen molar-refractivity contribution in [1.82, 2.24) is 10.2 Å². The average Bonchev–Trinajstić information content (AvgIpc) is 3.34. The van der Waals surface area contributed by atoms with Crippen molar-refractivity contribution in [1.29, 1.82) is 0 Å². The number of carbonyl (C=O) groups excluding carboxylic acids is 1. The van der Waals surface area contributed by atoms with Crippen LogP contribution in [-0.2, 0) is 0 Å². The molecule has 1 aliphatic heterocycles. The Hall–Kier alpha value is -2.90. The number of hydrogen-bond acceptors (Lipinski definition) is 5. The summed E-state index contributed by atoms with van der Waals surface area (Å²) in [6.45, 7) is 5.11. The van der Waals surface area contributed by atoms with Crippen LogP contribution in [0.2, 0.25) is 0 Å². The Morgan fingerprint density at radius 3 is 2.38 bits per heavy atom. The molecule has 2 heterocycles. The van der Waals surface area contributed by atoms with E-state index >= 15 is 0 Å². The number of nitrogens with one attached hydrogen (secondary N) is 1. The summed E-state index contributed by atoms with van der Waals surface area (Å²) in [6.07, 6.45) is 0. The fourth-order valence-corrected chi connectivity index (χ4v) is 5.23. The van der Waals surface area contributed by atoms with E-state index in [0.29, 0.717) is 11.3 Å². The van der Waals surface area contributed by atoms with Crippen molar-refractivity contribution in [3.63, 3.8) is 0 Å². The number of ether oxygens (including phenoxy) is 1. The van der Waals surface area contributed by atoms with E-state index in [1.807, 2.05) is 18.2 Å². The molecule has 1 fully saturated rings. The first-order chi connectivity index (χ1) is 15.6. The minimum atomic E-state index is -0.184. The fourth-order valence-electron chi connectivity index (χ4n) is 4.26. The molecule has 7 heteroatoms. The van der Waals surface area contributed by atoms with Crippen LogP contribution in [0.5, 0.6) is 5.75 Å². The Kier molecular flexibility index (Phi) is 7.07. The summed E-state index contributed by atoms with van der Waals surface area (Å²) < 4.78 is 19.4. The number of halogens is 1. The van der Waals surface area contributed by atoms with E-state index in [2.05, 4.69) is 33.5 Å². The Morgan fingerprint density at radius 2 is 1.75 bits per heavy atom. The highest BCUT2D eigenvalue weighted by molar-refractivity contribution is 7.10. The first kappa shape index (κ1) is 22.3. The minimum absolute atomic E-state index is 0.0555.